The van der Waals surface area contributed by atoms with Gasteiger partial charge in [0.1, 0.15) is 0 Å². The fourth-order valence-corrected chi connectivity index (χ4v) is 2.97. The largest absolute Gasteiger partial charge is 0.337 e. The lowest BCUT2D eigenvalue weighted by molar-refractivity contribution is 0.0709. The average Bonchev–Trinajstić information content (AvgIpc) is 2.45. The van der Waals surface area contributed by atoms with Crippen LogP contribution in [0.4, 0.5) is 0 Å². The van der Waals surface area contributed by atoms with Crippen LogP contribution < -0.4 is 5.73 Å². The number of hydrogen-bond donors (Lipinski definition) is 1. The van der Waals surface area contributed by atoms with Crippen molar-refractivity contribution in [1.29, 1.82) is 0 Å². The molecule has 1 heterocycles. The molecule has 0 aliphatic carbocycles. The molecule has 3 nitrogen and oxygen atoms in total. The van der Waals surface area contributed by atoms with Crippen LogP contribution in [0.25, 0.3) is 0 Å². The summed E-state index contributed by atoms with van der Waals surface area (Å²) < 4.78 is 0. The minimum Gasteiger partial charge on any atom is -0.337 e. The summed E-state index contributed by atoms with van der Waals surface area (Å²) in [6.07, 6.45) is 2.04. The van der Waals surface area contributed by atoms with Crippen LogP contribution in [-0.4, -0.2) is 35.7 Å². The molecule has 0 radical (unpaired) electrons. The molecule has 1 fully saturated rings. The maximum Gasteiger partial charge on any atom is 0.253 e. The molecule has 0 aromatic heterocycles. The highest BCUT2D eigenvalue weighted by molar-refractivity contribution is 7.98. The van der Waals surface area contributed by atoms with Crippen molar-refractivity contribution in [2.75, 3.05) is 18.8 Å². The maximum absolute atomic E-state index is 12.3. The molecule has 104 valence electrons. The first-order chi connectivity index (χ1) is 9.20. The van der Waals surface area contributed by atoms with E-state index in [1.807, 2.05) is 28.8 Å². The van der Waals surface area contributed by atoms with Crippen molar-refractivity contribution in [3.05, 3.63) is 35.4 Å². The summed E-state index contributed by atoms with van der Waals surface area (Å²) in [5, 5.41) is 0. The Kier molecular flexibility index (Phi) is 5.28. The lowest BCUT2D eigenvalue weighted by Gasteiger charge is -2.30. The Morgan fingerprint density at radius 1 is 1.42 bits per heavy atom. The third-order valence-corrected chi connectivity index (χ3v) is 4.36. The van der Waals surface area contributed by atoms with Crippen molar-refractivity contribution in [2.45, 2.75) is 31.6 Å². The molecule has 1 atom stereocenters. The van der Waals surface area contributed by atoms with E-state index in [0.29, 0.717) is 6.54 Å². The number of benzene rings is 1. The highest BCUT2D eigenvalue weighted by Gasteiger charge is 2.22. The summed E-state index contributed by atoms with van der Waals surface area (Å²) in [5.74, 6) is 2.25. The number of rotatable bonds is 4. The van der Waals surface area contributed by atoms with Gasteiger partial charge in [0, 0.05) is 30.4 Å². The van der Waals surface area contributed by atoms with Crippen LogP contribution >= 0.6 is 11.8 Å². The Balaban J connectivity index is 1.98. The van der Waals surface area contributed by atoms with E-state index in [1.54, 1.807) is 0 Å². The van der Waals surface area contributed by atoms with Gasteiger partial charge in [-0.15, -0.1) is 0 Å². The van der Waals surface area contributed by atoms with Crippen molar-refractivity contribution in [1.82, 2.24) is 4.90 Å². The smallest absolute Gasteiger partial charge is 0.253 e. The second-order valence-electron chi connectivity index (χ2n) is 4.99. The summed E-state index contributed by atoms with van der Waals surface area (Å²) in [5.41, 5.74) is 7.98. The number of amides is 1. The van der Waals surface area contributed by atoms with E-state index in [4.69, 9.17) is 5.73 Å². The zero-order valence-electron chi connectivity index (χ0n) is 11.5. The first-order valence-corrected chi connectivity index (χ1v) is 8.07. The van der Waals surface area contributed by atoms with Crippen LogP contribution in [0.3, 0.4) is 0 Å². The molecule has 0 saturated carbocycles. The topological polar surface area (TPSA) is 46.3 Å². The molecule has 19 heavy (non-hydrogen) atoms. The number of nitrogens with two attached hydrogens (primary N) is 1. The summed E-state index contributed by atoms with van der Waals surface area (Å²) in [7, 11) is 0. The first kappa shape index (κ1) is 14.4. The van der Waals surface area contributed by atoms with Gasteiger partial charge in [0.2, 0.25) is 0 Å². The molecule has 0 spiro atoms. The molecule has 1 aliphatic heterocycles. The van der Waals surface area contributed by atoms with Crippen molar-refractivity contribution in [2.24, 2.45) is 5.73 Å². The first-order valence-electron chi connectivity index (χ1n) is 6.92. The summed E-state index contributed by atoms with van der Waals surface area (Å²) in [4.78, 5) is 14.2. The molecule has 2 rings (SSSR count). The predicted octanol–water partition coefficient (Wildman–Crippen LogP) is 2.50. The van der Waals surface area contributed by atoms with Gasteiger partial charge in [-0.1, -0.05) is 19.1 Å². The van der Waals surface area contributed by atoms with Crippen LogP contribution in [-0.2, 0) is 5.75 Å². The fraction of sp³-hybridized carbons (Fsp3) is 0.533. The third-order valence-electron chi connectivity index (χ3n) is 3.42. The molecule has 1 aromatic carbocycles. The van der Waals surface area contributed by atoms with E-state index in [2.05, 4.69) is 19.1 Å². The van der Waals surface area contributed by atoms with Gasteiger partial charge in [-0.25, -0.2) is 0 Å². The van der Waals surface area contributed by atoms with Crippen LogP contribution in [0.2, 0.25) is 0 Å². The lowest BCUT2D eigenvalue weighted by atomic mass is 10.0. The minimum atomic E-state index is 0.116. The van der Waals surface area contributed by atoms with E-state index in [1.165, 1.54) is 5.56 Å². The fourth-order valence-electron chi connectivity index (χ4n) is 2.34. The van der Waals surface area contributed by atoms with Gasteiger partial charge in [0.05, 0.1) is 0 Å². The molecule has 0 bridgehead atoms. The molecule has 1 aromatic rings. The maximum atomic E-state index is 12.3. The summed E-state index contributed by atoms with van der Waals surface area (Å²) >= 11 is 1.89. The van der Waals surface area contributed by atoms with Gasteiger partial charge >= 0.3 is 0 Å². The van der Waals surface area contributed by atoms with Gasteiger partial charge in [-0.2, -0.15) is 11.8 Å². The van der Waals surface area contributed by atoms with Gasteiger partial charge in [0.25, 0.3) is 5.91 Å². The van der Waals surface area contributed by atoms with Gasteiger partial charge in [-0.3, -0.25) is 4.79 Å². The van der Waals surface area contributed by atoms with Crippen LogP contribution in [0.5, 0.6) is 0 Å². The summed E-state index contributed by atoms with van der Waals surface area (Å²) in [6, 6.07) is 8.12. The quantitative estimate of drug-likeness (QED) is 0.920. The van der Waals surface area contributed by atoms with E-state index in [-0.39, 0.29) is 11.9 Å². The Labute approximate surface area is 119 Å². The number of carbonyl (C=O) groups is 1. The number of nitrogens with zero attached hydrogens (tertiary/aromatic N) is 1. The van der Waals surface area contributed by atoms with Crippen LogP contribution in [0.15, 0.2) is 24.3 Å². The highest BCUT2D eigenvalue weighted by atomic mass is 32.2. The standard InChI is InChI=1S/C15H22N2OS/c1-2-19-11-12-5-7-13(8-6-12)15(18)17-9-3-4-14(16)10-17/h5-8,14H,2-4,9-11,16H2,1H3. The van der Waals surface area contributed by atoms with E-state index in [9.17, 15) is 4.79 Å². The molecule has 1 amide bonds. The van der Waals surface area contributed by atoms with E-state index < -0.39 is 0 Å². The Hall–Kier alpha value is -1.00. The minimum absolute atomic E-state index is 0.116. The van der Waals surface area contributed by atoms with E-state index >= 15 is 0 Å². The van der Waals surface area contributed by atoms with Gasteiger partial charge in [-0.05, 0) is 36.3 Å². The lowest BCUT2D eigenvalue weighted by Crippen LogP contribution is -2.45. The van der Waals surface area contributed by atoms with Gasteiger partial charge in [0.15, 0.2) is 0 Å². The summed E-state index contributed by atoms with van der Waals surface area (Å²) in [6.45, 7) is 3.67. The predicted molar refractivity (Wildman–Crippen MR) is 81.4 cm³/mol. The normalized spacial score (nSPS) is 19.5. The van der Waals surface area contributed by atoms with Crippen molar-refractivity contribution >= 4 is 17.7 Å². The number of piperidine rings is 1. The molecule has 4 heteroatoms. The Bertz CT molecular complexity index is 419. The number of carbonyl (C=O) groups excluding carboxylic acids is 1. The van der Waals surface area contributed by atoms with E-state index in [0.717, 1.165) is 36.5 Å². The number of likely N-dealkylation sites (tertiary alicyclic amines) is 1. The number of hydrogen-bond acceptors (Lipinski definition) is 3. The molecule has 2 N–H and O–H groups in total. The molecular formula is C15H22N2OS. The Morgan fingerprint density at radius 3 is 2.79 bits per heavy atom. The molecule has 1 unspecified atom stereocenters. The molecule has 1 aliphatic rings. The zero-order valence-corrected chi connectivity index (χ0v) is 12.3. The monoisotopic (exact) mass is 278 g/mol. The average molecular weight is 278 g/mol. The van der Waals surface area contributed by atoms with Crippen molar-refractivity contribution in [3.63, 3.8) is 0 Å². The second-order valence-corrected chi connectivity index (χ2v) is 6.26. The molecule has 1 saturated heterocycles. The van der Waals surface area contributed by atoms with Crippen molar-refractivity contribution in [3.8, 4) is 0 Å². The third kappa shape index (κ3) is 3.98. The highest BCUT2D eigenvalue weighted by Crippen LogP contribution is 2.16. The second kappa shape index (κ2) is 6.96. The van der Waals surface area contributed by atoms with Crippen LogP contribution in [0, 0.1) is 0 Å². The zero-order chi connectivity index (χ0) is 13.7. The molecular weight excluding hydrogens is 256 g/mol. The Morgan fingerprint density at radius 2 is 2.16 bits per heavy atom. The SMILES string of the molecule is CCSCc1ccc(C(=O)N2CCCC(N)C2)cc1. The van der Waals surface area contributed by atoms with Crippen molar-refractivity contribution < 1.29 is 4.79 Å². The van der Waals surface area contributed by atoms with Gasteiger partial charge < -0.3 is 10.6 Å². The number of thioether (sulfide) groups is 1. The van der Waals surface area contributed by atoms with Crippen LogP contribution in [0.1, 0.15) is 35.7 Å².